The summed E-state index contributed by atoms with van der Waals surface area (Å²) in [6.07, 6.45) is 3.32. The first-order valence-corrected chi connectivity index (χ1v) is 8.15. The van der Waals surface area contributed by atoms with Gasteiger partial charge in [0.05, 0.1) is 13.2 Å². The first kappa shape index (κ1) is 14.2. The lowest BCUT2D eigenvalue weighted by molar-refractivity contribution is -0.135. The van der Waals surface area contributed by atoms with E-state index in [4.69, 9.17) is 4.74 Å². The van der Waals surface area contributed by atoms with Crippen LogP contribution in [0.1, 0.15) is 19.3 Å². The van der Waals surface area contributed by atoms with Gasteiger partial charge in [0, 0.05) is 26.1 Å². The topological polar surface area (TPSA) is 41.6 Å². The Morgan fingerprint density at radius 2 is 2.22 bits per heavy atom. The summed E-state index contributed by atoms with van der Waals surface area (Å²) in [5.74, 6) is 3.68. The second-order valence-electron chi connectivity index (χ2n) is 5.03. The van der Waals surface area contributed by atoms with Crippen LogP contribution >= 0.6 is 11.8 Å². The number of amides is 1. The summed E-state index contributed by atoms with van der Waals surface area (Å²) >= 11 is 2.06. The van der Waals surface area contributed by atoms with Crippen molar-refractivity contribution in [2.24, 2.45) is 5.92 Å². The van der Waals surface area contributed by atoms with E-state index in [1.54, 1.807) is 0 Å². The molecular weight excluding hydrogens is 248 g/mol. The molecule has 2 heterocycles. The quantitative estimate of drug-likeness (QED) is 0.757. The molecule has 1 atom stereocenters. The minimum Gasteiger partial charge on any atom is -0.378 e. The Bertz CT molecular complexity index is 251. The lowest BCUT2D eigenvalue weighted by Gasteiger charge is -2.27. The smallest absolute Gasteiger partial charge is 0.224 e. The third kappa shape index (κ3) is 4.78. The van der Waals surface area contributed by atoms with E-state index >= 15 is 0 Å². The lowest BCUT2D eigenvalue weighted by atomic mass is 10.1. The fraction of sp³-hybridized carbons (Fsp3) is 0.923. The number of thioether (sulfide) groups is 1. The molecule has 2 aliphatic heterocycles. The van der Waals surface area contributed by atoms with Crippen molar-refractivity contribution in [2.75, 3.05) is 50.9 Å². The second kappa shape index (κ2) is 8.02. The molecule has 1 N–H and O–H groups in total. The Morgan fingerprint density at radius 1 is 1.39 bits per heavy atom. The molecule has 0 aromatic heterocycles. The first-order chi connectivity index (χ1) is 8.86. The molecule has 0 bridgehead atoms. The van der Waals surface area contributed by atoms with Crippen molar-refractivity contribution in [3.63, 3.8) is 0 Å². The maximum Gasteiger partial charge on any atom is 0.224 e. The van der Waals surface area contributed by atoms with Gasteiger partial charge in [0.1, 0.15) is 0 Å². The Kier molecular flexibility index (Phi) is 6.31. The largest absolute Gasteiger partial charge is 0.378 e. The van der Waals surface area contributed by atoms with Crippen LogP contribution in [-0.4, -0.2) is 61.7 Å². The van der Waals surface area contributed by atoms with Crippen molar-refractivity contribution < 1.29 is 9.53 Å². The van der Waals surface area contributed by atoms with Crippen LogP contribution in [0.3, 0.4) is 0 Å². The van der Waals surface area contributed by atoms with Crippen LogP contribution in [0.15, 0.2) is 0 Å². The van der Waals surface area contributed by atoms with Crippen LogP contribution in [0.2, 0.25) is 0 Å². The number of nitrogens with one attached hydrogen (secondary N) is 1. The molecule has 2 fully saturated rings. The van der Waals surface area contributed by atoms with Crippen molar-refractivity contribution in [3.8, 4) is 0 Å². The van der Waals surface area contributed by atoms with Gasteiger partial charge in [-0.3, -0.25) is 4.79 Å². The molecule has 0 spiro atoms. The molecule has 2 aliphatic rings. The average Bonchev–Trinajstić information content (AvgIpc) is 2.45. The van der Waals surface area contributed by atoms with Gasteiger partial charge in [-0.05, 0) is 36.8 Å². The molecule has 2 rings (SSSR count). The van der Waals surface area contributed by atoms with Crippen LogP contribution in [-0.2, 0) is 9.53 Å². The van der Waals surface area contributed by atoms with Crippen LogP contribution in [0.4, 0.5) is 0 Å². The van der Waals surface area contributed by atoms with E-state index in [9.17, 15) is 4.79 Å². The number of ether oxygens (including phenoxy) is 1. The summed E-state index contributed by atoms with van der Waals surface area (Å²) in [4.78, 5) is 13.8. The Balaban J connectivity index is 1.52. The van der Waals surface area contributed by atoms with Crippen molar-refractivity contribution in [2.45, 2.75) is 19.3 Å². The standard InChI is InChI=1S/C13H24N2O2S/c16-13(15-5-7-17-8-6-15)3-4-14-10-12-2-1-9-18-11-12/h12,14H,1-11H2. The number of hydrogen-bond donors (Lipinski definition) is 1. The minimum absolute atomic E-state index is 0.267. The monoisotopic (exact) mass is 272 g/mol. The fourth-order valence-electron chi connectivity index (χ4n) is 2.44. The third-order valence-corrected chi connectivity index (χ3v) is 4.85. The highest BCUT2D eigenvalue weighted by Crippen LogP contribution is 2.21. The zero-order chi connectivity index (χ0) is 12.6. The maximum atomic E-state index is 11.9. The SMILES string of the molecule is O=C(CCNCC1CCCSC1)N1CCOCC1. The highest BCUT2D eigenvalue weighted by atomic mass is 32.2. The third-order valence-electron chi connectivity index (χ3n) is 3.57. The normalized spacial score (nSPS) is 25.1. The molecule has 1 amide bonds. The van der Waals surface area contributed by atoms with Gasteiger partial charge in [-0.25, -0.2) is 0 Å². The van der Waals surface area contributed by atoms with E-state index in [1.165, 1.54) is 24.3 Å². The van der Waals surface area contributed by atoms with Crippen LogP contribution in [0, 0.1) is 5.92 Å². The molecule has 1 unspecified atom stereocenters. The summed E-state index contributed by atoms with van der Waals surface area (Å²) in [6.45, 7) is 4.80. The number of carbonyl (C=O) groups is 1. The van der Waals surface area contributed by atoms with E-state index in [0.717, 1.165) is 32.1 Å². The first-order valence-electron chi connectivity index (χ1n) is 7.00. The van der Waals surface area contributed by atoms with Crippen molar-refractivity contribution >= 4 is 17.7 Å². The van der Waals surface area contributed by atoms with Gasteiger partial charge >= 0.3 is 0 Å². The second-order valence-corrected chi connectivity index (χ2v) is 6.18. The molecule has 104 valence electrons. The fourth-order valence-corrected chi connectivity index (χ4v) is 3.60. The maximum absolute atomic E-state index is 11.9. The molecular formula is C13H24N2O2S. The van der Waals surface area contributed by atoms with E-state index in [1.807, 2.05) is 4.90 Å². The van der Waals surface area contributed by atoms with Gasteiger partial charge in [-0.2, -0.15) is 11.8 Å². The lowest BCUT2D eigenvalue weighted by Crippen LogP contribution is -2.41. The minimum atomic E-state index is 0.267. The molecule has 4 nitrogen and oxygen atoms in total. The van der Waals surface area contributed by atoms with Crippen LogP contribution in [0.25, 0.3) is 0 Å². The summed E-state index contributed by atoms with van der Waals surface area (Å²) in [6, 6.07) is 0. The summed E-state index contributed by atoms with van der Waals surface area (Å²) in [5.41, 5.74) is 0. The molecule has 2 saturated heterocycles. The number of hydrogen-bond acceptors (Lipinski definition) is 4. The van der Waals surface area contributed by atoms with E-state index in [2.05, 4.69) is 17.1 Å². The highest BCUT2D eigenvalue weighted by molar-refractivity contribution is 7.99. The molecule has 5 heteroatoms. The highest BCUT2D eigenvalue weighted by Gasteiger charge is 2.17. The number of morpholine rings is 1. The Hall–Kier alpha value is -0.260. The summed E-state index contributed by atoms with van der Waals surface area (Å²) in [7, 11) is 0. The molecule has 0 radical (unpaired) electrons. The molecule has 0 aromatic carbocycles. The van der Waals surface area contributed by atoms with Gasteiger partial charge in [0.2, 0.25) is 5.91 Å². The van der Waals surface area contributed by atoms with Crippen LogP contribution < -0.4 is 5.32 Å². The molecule has 0 aliphatic carbocycles. The molecule has 18 heavy (non-hydrogen) atoms. The number of carbonyl (C=O) groups excluding carboxylic acids is 1. The van der Waals surface area contributed by atoms with Gasteiger partial charge in [0.15, 0.2) is 0 Å². The summed E-state index contributed by atoms with van der Waals surface area (Å²) in [5, 5.41) is 3.43. The van der Waals surface area contributed by atoms with Gasteiger partial charge in [-0.1, -0.05) is 0 Å². The van der Waals surface area contributed by atoms with Gasteiger partial charge in [0.25, 0.3) is 0 Å². The van der Waals surface area contributed by atoms with Crippen molar-refractivity contribution in [3.05, 3.63) is 0 Å². The van der Waals surface area contributed by atoms with E-state index in [-0.39, 0.29) is 5.91 Å². The van der Waals surface area contributed by atoms with Crippen LogP contribution in [0.5, 0.6) is 0 Å². The average molecular weight is 272 g/mol. The summed E-state index contributed by atoms with van der Waals surface area (Å²) < 4.78 is 5.24. The number of nitrogens with zero attached hydrogens (tertiary/aromatic N) is 1. The Labute approximate surface area is 114 Å². The molecule has 0 saturated carbocycles. The molecule has 0 aromatic rings. The van der Waals surface area contributed by atoms with E-state index in [0.29, 0.717) is 19.6 Å². The predicted molar refractivity (Wildman–Crippen MR) is 74.9 cm³/mol. The van der Waals surface area contributed by atoms with Gasteiger partial charge in [-0.15, -0.1) is 0 Å². The van der Waals surface area contributed by atoms with Crippen molar-refractivity contribution in [1.29, 1.82) is 0 Å². The predicted octanol–water partition coefficient (Wildman–Crippen LogP) is 0.968. The zero-order valence-electron chi connectivity index (χ0n) is 11.0. The van der Waals surface area contributed by atoms with Gasteiger partial charge < -0.3 is 15.0 Å². The Morgan fingerprint density at radius 3 is 2.94 bits per heavy atom. The van der Waals surface area contributed by atoms with Crippen molar-refractivity contribution in [1.82, 2.24) is 10.2 Å². The van der Waals surface area contributed by atoms with E-state index < -0.39 is 0 Å². The number of rotatable bonds is 5. The zero-order valence-corrected chi connectivity index (χ0v) is 11.8.